The number of aromatic amines is 1. The fourth-order valence-electron chi connectivity index (χ4n) is 4.17. The van der Waals surface area contributed by atoms with E-state index in [4.69, 9.17) is 4.42 Å². The summed E-state index contributed by atoms with van der Waals surface area (Å²) in [5.41, 5.74) is 2.57. The SMILES string of the molecule is CN1CCC(CNC(=O)c2cc(C(=O)NCc3ccc4oc(=O)[nH]c4c3)nc3ccnn23)CC1. The molecule has 1 aliphatic rings. The van der Waals surface area contributed by atoms with Crippen LogP contribution in [0.3, 0.4) is 0 Å². The van der Waals surface area contributed by atoms with Crippen molar-refractivity contribution in [1.82, 2.24) is 35.1 Å². The number of carbonyl (C=O) groups excluding carboxylic acids is 2. The van der Waals surface area contributed by atoms with E-state index in [1.54, 1.807) is 30.5 Å². The number of aromatic nitrogens is 4. The van der Waals surface area contributed by atoms with Gasteiger partial charge in [-0.25, -0.2) is 14.3 Å². The minimum atomic E-state index is -0.531. The van der Waals surface area contributed by atoms with Crippen LogP contribution >= 0.6 is 0 Å². The zero-order valence-corrected chi connectivity index (χ0v) is 18.7. The van der Waals surface area contributed by atoms with Crippen LogP contribution < -0.4 is 16.4 Å². The molecule has 0 saturated carbocycles. The quantitative estimate of drug-likeness (QED) is 0.390. The molecular formula is C23H25N7O4. The molecule has 1 aliphatic heterocycles. The number of benzene rings is 1. The molecule has 1 saturated heterocycles. The molecule has 5 rings (SSSR count). The highest BCUT2D eigenvalue weighted by Crippen LogP contribution is 2.16. The fraction of sp³-hybridized carbons (Fsp3) is 0.348. The molecule has 0 unspecified atom stereocenters. The molecule has 3 N–H and O–H groups in total. The molecule has 3 aromatic heterocycles. The summed E-state index contributed by atoms with van der Waals surface area (Å²) >= 11 is 0. The van der Waals surface area contributed by atoms with E-state index in [1.165, 1.54) is 10.6 Å². The summed E-state index contributed by atoms with van der Waals surface area (Å²) in [4.78, 5) is 46.4. The predicted octanol–water partition coefficient (Wildman–Crippen LogP) is 1.17. The zero-order chi connectivity index (χ0) is 23.7. The Kier molecular flexibility index (Phi) is 5.84. The van der Waals surface area contributed by atoms with Crippen LogP contribution in [0.25, 0.3) is 16.7 Å². The maximum absolute atomic E-state index is 13.0. The van der Waals surface area contributed by atoms with Crippen LogP contribution in [0.5, 0.6) is 0 Å². The Balaban J connectivity index is 1.29. The van der Waals surface area contributed by atoms with Gasteiger partial charge in [0.25, 0.3) is 11.8 Å². The van der Waals surface area contributed by atoms with Gasteiger partial charge < -0.3 is 20.0 Å². The number of rotatable bonds is 6. The molecule has 0 aliphatic carbocycles. The van der Waals surface area contributed by atoms with Crippen LogP contribution in [0, 0.1) is 5.92 Å². The fourth-order valence-corrected chi connectivity index (χ4v) is 4.17. The Morgan fingerprint density at radius 2 is 1.97 bits per heavy atom. The van der Waals surface area contributed by atoms with E-state index in [9.17, 15) is 14.4 Å². The number of carbonyl (C=O) groups is 2. The molecule has 1 fully saturated rings. The number of amides is 2. The van der Waals surface area contributed by atoms with Gasteiger partial charge in [-0.1, -0.05) is 6.07 Å². The number of likely N-dealkylation sites (tertiary alicyclic amines) is 1. The minimum Gasteiger partial charge on any atom is -0.408 e. The normalized spacial score (nSPS) is 15.1. The smallest absolute Gasteiger partial charge is 0.408 e. The van der Waals surface area contributed by atoms with Gasteiger partial charge in [-0.05, 0) is 56.6 Å². The van der Waals surface area contributed by atoms with Crippen molar-refractivity contribution in [2.75, 3.05) is 26.7 Å². The first kappa shape index (κ1) is 21.8. The van der Waals surface area contributed by atoms with Crippen molar-refractivity contribution in [2.45, 2.75) is 19.4 Å². The lowest BCUT2D eigenvalue weighted by Crippen LogP contribution is -2.37. The molecule has 0 spiro atoms. The predicted molar refractivity (Wildman–Crippen MR) is 124 cm³/mol. The van der Waals surface area contributed by atoms with Gasteiger partial charge in [-0.3, -0.25) is 14.6 Å². The highest BCUT2D eigenvalue weighted by atomic mass is 16.4. The highest BCUT2D eigenvalue weighted by molar-refractivity contribution is 5.98. The molecule has 4 heterocycles. The van der Waals surface area contributed by atoms with E-state index in [0.717, 1.165) is 31.5 Å². The summed E-state index contributed by atoms with van der Waals surface area (Å²) in [5, 5.41) is 9.99. The van der Waals surface area contributed by atoms with Crippen LogP contribution in [-0.4, -0.2) is 63.0 Å². The number of piperidine rings is 1. The molecule has 0 bridgehead atoms. The van der Waals surface area contributed by atoms with Crippen LogP contribution in [0.15, 0.2) is 45.7 Å². The number of oxazole rings is 1. The van der Waals surface area contributed by atoms with E-state index in [1.807, 2.05) is 0 Å². The largest absolute Gasteiger partial charge is 0.417 e. The van der Waals surface area contributed by atoms with E-state index in [0.29, 0.717) is 29.2 Å². The van der Waals surface area contributed by atoms with E-state index >= 15 is 0 Å². The topological polar surface area (TPSA) is 138 Å². The maximum Gasteiger partial charge on any atom is 0.417 e. The van der Waals surface area contributed by atoms with Crippen molar-refractivity contribution in [3.05, 3.63) is 64.0 Å². The van der Waals surface area contributed by atoms with Gasteiger partial charge in [0, 0.05) is 25.2 Å². The highest BCUT2D eigenvalue weighted by Gasteiger charge is 2.21. The monoisotopic (exact) mass is 463 g/mol. The molecule has 34 heavy (non-hydrogen) atoms. The van der Waals surface area contributed by atoms with Gasteiger partial charge in [0.05, 0.1) is 11.7 Å². The third kappa shape index (κ3) is 4.55. The van der Waals surface area contributed by atoms with Gasteiger partial charge in [0.2, 0.25) is 0 Å². The second kappa shape index (κ2) is 9.10. The zero-order valence-electron chi connectivity index (χ0n) is 18.7. The van der Waals surface area contributed by atoms with Gasteiger partial charge in [0.15, 0.2) is 11.2 Å². The standard InChI is InChI=1S/C23H25N7O4/c1-29-8-5-14(6-9-29)12-25-22(32)18-11-17(27-20-4-7-26-30(18)20)21(31)24-13-15-2-3-19-16(10-15)28-23(33)34-19/h2-4,7,10-11,14H,5-6,8-9,12-13H2,1H3,(H,24,31)(H,25,32)(H,28,33). The molecule has 4 aromatic rings. The number of H-pyrrole nitrogens is 1. The molecule has 11 nitrogen and oxygen atoms in total. The Labute approximate surface area is 194 Å². The first-order chi connectivity index (χ1) is 16.5. The summed E-state index contributed by atoms with van der Waals surface area (Å²) in [6.07, 6.45) is 3.62. The summed E-state index contributed by atoms with van der Waals surface area (Å²) in [6, 6.07) is 8.26. The van der Waals surface area contributed by atoms with E-state index in [2.05, 4.69) is 37.6 Å². The number of fused-ring (bicyclic) bond motifs is 2. The van der Waals surface area contributed by atoms with Gasteiger partial charge in [-0.15, -0.1) is 0 Å². The summed E-state index contributed by atoms with van der Waals surface area (Å²) in [7, 11) is 2.10. The van der Waals surface area contributed by atoms with Crippen LogP contribution in [0.4, 0.5) is 0 Å². The Morgan fingerprint density at radius 1 is 1.15 bits per heavy atom. The molecule has 0 atom stereocenters. The van der Waals surface area contributed by atoms with Gasteiger partial charge in [0.1, 0.15) is 11.4 Å². The third-order valence-electron chi connectivity index (χ3n) is 6.15. The minimum absolute atomic E-state index is 0.121. The Bertz CT molecular complexity index is 1410. The van der Waals surface area contributed by atoms with Crippen molar-refractivity contribution in [3.63, 3.8) is 0 Å². The summed E-state index contributed by atoms with van der Waals surface area (Å²) in [6.45, 7) is 2.84. The molecular weight excluding hydrogens is 438 g/mol. The Hall–Kier alpha value is -3.99. The van der Waals surface area contributed by atoms with Crippen molar-refractivity contribution in [1.29, 1.82) is 0 Å². The lowest BCUT2D eigenvalue weighted by molar-refractivity contribution is 0.0931. The lowest BCUT2D eigenvalue weighted by atomic mass is 9.97. The van der Waals surface area contributed by atoms with Gasteiger partial charge >= 0.3 is 5.76 Å². The molecule has 0 radical (unpaired) electrons. The third-order valence-corrected chi connectivity index (χ3v) is 6.15. The molecule has 11 heteroatoms. The summed E-state index contributed by atoms with van der Waals surface area (Å²) in [5.74, 6) is -0.816. The average Bonchev–Trinajstić information content (AvgIpc) is 3.46. The summed E-state index contributed by atoms with van der Waals surface area (Å²) < 4.78 is 6.43. The van der Waals surface area contributed by atoms with Crippen molar-refractivity contribution < 1.29 is 14.0 Å². The van der Waals surface area contributed by atoms with Gasteiger partial charge in [-0.2, -0.15) is 5.10 Å². The molecule has 1 aromatic carbocycles. The lowest BCUT2D eigenvalue weighted by Gasteiger charge is -2.28. The van der Waals surface area contributed by atoms with Crippen molar-refractivity contribution in [3.8, 4) is 0 Å². The number of hydrogen-bond donors (Lipinski definition) is 3. The first-order valence-electron chi connectivity index (χ1n) is 11.2. The molecule has 176 valence electrons. The molecule has 2 amide bonds. The number of nitrogens with zero attached hydrogens (tertiary/aromatic N) is 4. The number of hydrogen-bond acceptors (Lipinski definition) is 7. The van der Waals surface area contributed by atoms with Crippen LogP contribution in [-0.2, 0) is 6.54 Å². The van der Waals surface area contributed by atoms with Crippen LogP contribution in [0.2, 0.25) is 0 Å². The average molecular weight is 463 g/mol. The second-order valence-electron chi connectivity index (χ2n) is 8.61. The van der Waals surface area contributed by atoms with Crippen molar-refractivity contribution >= 4 is 28.6 Å². The number of nitrogens with one attached hydrogen (secondary N) is 3. The maximum atomic E-state index is 13.0. The second-order valence-corrected chi connectivity index (χ2v) is 8.61. The van der Waals surface area contributed by atoms with E-state index < -0.39 is 11.7 Å². The first-order valence-corrected chi connectivity index (χ1v) is 11.2. The van der Waals surface area contributed by atoms with Crippen LogP contribution in [0.1, 0.15) is 39.4 Å². The van der Waals surface area contributed by atoms with E-state index in [-0.39, 0.29) is 23.8 Å². The Morgan fingerprint density at radius 3 is 2.79 bits per heavy atom. The van der Waals surface area contributed by atoms with Crippen molar-refractivity contribution in [2.24, 2.45) is 5.92 Å².